The van der Waals surface area contributed by atoms with E-state index in [1.165, 1.54) is 4.90 Å². The van der Waals surface area contributed by atoms with Crippen LogP contribution in [0.5, 0.6) is 0 Å². The van der Waals surface area contributed by atoms with Gasteiger partial charge in [0.25, 0.3) is 0 Å². The van der Waals surface area contributed by atoms with Gasteiger partial charge in [0, 0.05) is 19.3 Å². The van der Waals surface area contributed by atoms with Crippen molar-refractivity contribution >= 4 is 11.8 Å². The number of amides is 2. The molecule has 1 saturated heterocycles. The van der Waals surface area contributed by atoms with Crippen LogP contribution in [0.3, 0.4) is 0 Å². The number of carbonyl (C=O) groups excluding carboxylic acids is 2. The van der Waals surface area contributed by atoms with E-state index < -0.39 is 0 Å². The number of aromatic nitrogens is 2. The largest absolute Gasteiger partial charge is 0.304 e. The molecule has 6 nitrogen and oxygen atoms in total. The van der Waals surface area contributed by atoms with E-state index in [-0.39, 0.29) is 24.3 Å². The molecule has 1 unspecified atom stereocenters. The molecule has 1 N–H and O–H groups in total. The van der Waals surface area contributed by atoms with Gasteiger partial charge in [0.05, 0.1) is 25.2 Å². The minimum Gasteiger partial charge on any atom is -0.304 e. The number of nitrogens with zero attached hydrogens (tertiary/aromatic N) is 3. The number of nitrogens with one attached hydrogen (secondary N) is 1. The predicted molar refractivity (Wildman–Crippen MR) is 70.4 cm³/mol. The smallest absolute Gasteiger partial charge is 0.246 e. The molecule has 6 heteroatoms. The molecule has 1 aliphatic rings. The summed E-state index contributed by atoms with van der Waals surface area (Å²) < 4.78 is 1.83. The SMILES string of the molecule is CCCN1C(=O)CC(NCCn2cc(C)cn2)C1=O. The molecule has 1 aliphatic heterocycles. The summed E-state index contributed by atoms with van der Waals surface area (Å²) >= 11 is 0. The normalized spacial score (nSPS) is 19.5. The maximum Gasteiger partial charge on any atom is 0.246 e. The van der Waals surface area contributed by atoms with Crippen molar-refractivity contribution in [2.24, 2.45) is 0 Å². The second-order valence-electron chi connectivity index (χ2n) is 4.88. The van der Waals surface area contributed by atoms with Crippen molar-refractivity contribution in [3.63, 3.8) is 0 Å². The number of likely N-dealkylation sites (tertiary alicyclic amines) is 1. The maximum absolute atomic E-state index is 12.0. The first-order valence-electron chi connectivity index (χ1n) is 6.68. The van der Waals surface area contributed by atoms with Crippen molar-refractivity contribution < 1.29 is 9.59 Å². The lowest BCUT2D eigenvalue weighted by Crippen LogP contribution is -2.40. The first kappa shape index (κ1) is 13.7. The Morgan fingerprint density at radius 1 is 1.42 bits per heavy atom. The van der Waals surface area contributed by atoms with Gasteiger partial charge in [0.15, 0.2) is 0 Å². The molecule has 0 bridgehead atoms. The predicted octanol–water partition coefficient (Wildman–Crippen LogP) is 0.319. The maximum atomic E-state index is 12.0. The Morgan fingerprint density at radius 3 is 2.84 bits per heavy atom. The third-order valence-electron chi connectivity index (χ3n) is 3.19. The van der Waals surface area contributed by atoms with Crippen molar-refractivity contribution in [2.45, 2.75) is 39.3 Å². The molecule has 2 amide bonds. The van der Waals surface area contributed by atoms with Crippen LogP contribution < -0.4 is 5.32 Å². The van der Waals surface area contributed by atoms with E-state index in [1.807, 2.05) is 24.7 Å². The van der Waals surface area contributed by atoms with E-state index in [9.17, 15) is 9.59 Å². The third-order valence-corrected chi connectivity index (χ3v) is 3.19. The van der Waals surface area contributed by atoms with Gasteiger partial charge in [-0.3, -0.25) is 19.2 Å². The van der Waals surface area contributed by atoms with Crippen LogP contribution >= 0.6 is 0 Å². The number of carbonyl (C=O) groups is 2. The molecule has 0 aliphatic carbocycles. The fourth-order valence-corrected chi connectivity index (χ4v) is 2.24. The zero-order valence-corrected chi connectivity index (χ0v) is 11.4. The Hall–Kier alpha value is -1.69. The molecule has 1 atom stereocenters. The number of rotatable bonds is 6. The van der Waals surface area contributed by atoms with E-state index in [0.717, 1.165) is 12.0 Å². The van der Waals surface area contributed by atoms with E-state index in [1.54, 1.807) is 6.20 Å². The first-order valence-corrected chi connectivity index (χ1v) is 6.68. The van der Waals surface area contributed by atoms with Crippen LogP contribution in [-0.4, -0.2) is 45.6 Å². The average Bonchev–Trinajstić information content (AvgIpc) is 2.89. The molecule has 0 saturated carbocycles. The highest BCUT2D eigenvalue weighted by atomic mass is 16.2. The Balaban J connectivity index is 1.80. The zero-order chi connectivity index (χ0) is 13.8. The summed E-state index contributed by atoms with van der Waals surface area (Å²) in [5, 5.41) is 7.31. The summed E-state index contributed by atoms with van der Waals surface area (Å²) in [6, 6.07) is -0.365. The van der Waals surface area contributed by atoms with Gasteiger partial charge in [0.2, 0.25) is 11.8 Å². The molecular weight excluding hydrogens is 244 g/mol. The van der Waals surface area contributed by atoms with Gasteiger partial charge in [0.1, 0.15) is 0 Å². The van der Waals surface area contributed by atoms with E-state index in [2.05, 4.69) is 10.4 Å². The van der Waals surface area contributed by atoms with Gasteiger partial charge in [-0.1, -0.05) is 6.92 Å². The van der Waals surface area contributed by atoms with E-state index in [4.69, 9.17) is 0 Å². The van der Waals surface area contributed by atoms with Crippen LogP contribution in [0, 0.1) is 6.92 Å². The summed E-state index contributed by atoms with van der Waals surface area (Å²) in [7, 11) is 0. The molecule has 1 aromatic heterocycles. The van der Waals surface area contributed by atoms with Gasteiger partial charge >= 0.3 is 0 Å². The van der Waals surface area contributed by atoms with Gasteiger partial charge < -0.3 is 5.32 Å². The molecule has 2 heterocycles. The zero-order valence-electron chi connectivity index (χ0n) is 11.4. The van der Waals surface area contributed by atoms with Gasteiger partial charge in [-0.05, 0) is 18.9 Å². The first-order chi connectivity index (χ1) is 9.11. The second-order valence-corrected chi connectivity index (χ2v) is 4.88. The lowest BCUT2D eigenvalue weighted by Gasteiger charge is -2.14. The summed E-state index contributed by atoms with van der Waals surface area (Å²) in [5.74, 6) is -0.164. The molecule has 19 heavy (non-hydrogen) atoms. The lowest BCUT2D eigenvalue weighted by molar-refractivity contribution is -0.138. The fourth-order valence-electron chi connectivity index (χ4n) is 2.24. The van der Waals surface area contributed by atoms with Crippen LogP contribution in [0.25, 0.3) is 0 Å². The van der Waals surface area contributed by atoms with Crippen molar-refractivity contribution in [1.82, 2.24) is 20.0 Å². The number of hydrogen-bond acceptors (Lipinski definition) is 4. The van der Waals surface area contributed by atoms with Crippen LogP contribution in [-0.2, 0) is 16.1 Å². The van der Waals surface area contributed by atoms with Crippen LogP contribution in [0.4, 0.5) is 0 Å². The minimum absolute atomic E-state index is 0.0701. The second kappa shape index (κ2) is 5.97. The van der Waals surface area contributed by atoms with Crippen molar-refractivity contribution in [1.29, 1.82) is 0 Å². The molecule has 1 aromatic rings. The summed E-state index contributed by atoms with van der Waals surface area (Å²) in [4.78, 5) is 25.0. The van der Waals surface area contributed by atoms with Crippen LogP contribution in [0.2, 0.25) is 0 Å². The van der Waals surface area contributed by atoms with Gasteiger partial charge in [-0.25, -0.2) is 0 Å². The molecular formula is C13H20N4O2. The number of hydrogen-bond donors (Lipinski definition) is 1. The van der Waals surface area contributed by atoms with Gasteiger partial charge in [-0.2, -0.15) is 5.10 Å². The lowest BCUT2D eigenvalue weighted by atomic mass is 10.2. The Kier molecular flexibility index (Phi) is 4.31. The third kappa shape index (κ3) is 3.20. The molecule has 0 spiro atoms. The van der Waals surface area contributed by atoms with Crippen molar-refractivity contribution in [2.75, 3.05) is 13.1 Å². The summed E-state index contributed by atoms with van der Waals surface area (Å²) in [5.41, 5.74) is 1.11. The van der Waals surface area contributed by atoms with Crippen molar-refractivity contribution in [3.8, 4) is 0 Å². The Bertz CT molecular complexity index is 469. The molecule has 0 aromatic carbocycles. The topological polar surface area (TPSA) is 67.2 Å². The monoisotopic (exact) mass is 264 g/mol. The number of imide groups is 1. The minimum atomic E-state index is -0.365. The van der Waals surface area contributed by atoms with Gasteiger partial charge in [-0.15, -0.1) is 0 Å². The Morgan fingerprint density at radius 2 is 2.21 bits per heavy atom. The van der Waals surface area contributed by atoms with Crippen LogP contribution in [0.1, 0.15) is 25.3 Å². The molecule has 2 rings (SSSR count). The fraction of sp³-hybridized carbons (Fsp3) is 0.615. The summed E-state index contributed by atoms with van der Waals surface area (Å²) in [6.07, 6.45) is 4.83. The molecule has 1 fully saturated rings. The molecule has 0 radical (unpaired) electrons. The summed E-state index contributed by atoms with van der Waals surface area (Å²) in [6.45, 7) is 5.79. The Labute approximate surface area is 112 Å². The highest BCUT2D eigenvalue weighted by molar-refractivity contribution is 6.05. The number of aryl methyl sites for hydroxylation is 1. The molecule has 104 valence electrons. The average molecular weight is 264 g/mol. The highest BCUT2D eigenvalue weighted by Gasteiger charge is 2.37. The van der Waals surface area contributed by atoms with Crippen LogP contribution in [0.15, 0.2) is 12.4 Å². The quantitative estimate of drug-likeness (QED) is 0.751. The van der Waals surface area contributed by atoms with Crippen molar-refractivity contribution in [3.05, 3.63) is 18.0 Å². The van der Waals surface area contributed by atoms with E-state index in [0.29, 0.717) is 19.6 Å². The standard InChI is InChI=1S/C13H20N4O2/c1-3-5-17-12(18)7-11(13(17)19)14-4-6-16-9-10(2)8-15-16/h8-9,11,14H,3-7H2,1-2H3. The highest BCUT2D eigenvalue weighted by Crippen LogP contribution is 2.13. The van der Waals surface area contributed by atoms with E-state index >= 15 is 0 Å².